The molecular weight excluding hydrogens is 366 g/mol. The summed E-state index contributed by atoms with van der Waals surface area (Å²) in [4.78, 5) is 25.8. The number of hydrogen-bond donors (Lipinski definition) is 1. The number of carbonyl (C=O) groups is 2. The Labute approximate surface area is 169 Å². The lowest BCUT2D eigenvalue weighted by Gasteiger charge is -2.32. The first kappa shape index (κ1) is 19.2. The molecule has 0 saturated carbocycles. The molecule has 1 aromatic heterocycles. The number of carboxylic acids is 1. The monoisotopic (exact) mass is 391 g/mol. The Morgan fingerprint density at radius 3 is 2.52 bits per heavy atom. The minimum atomic E-state index is -0.949. The lowest BCUT2D eigenvalue weighted by Crippen LogP contribution is -2.39. The zero-order chi connectivity index (χ0) is 20.4. The standard InChI is InChI=1S/C23H25N3O3/c1-16-21(23(28)29)15-24-26(16)20-10-12-25(13-11-20)22(27)9-7-17-6-8-18-4-2-3-5-19(18)14-17/h2-6,8,14-15,20H,7,9-13H2,1H3,(H,28,29). The van der Waals surface area contributed by atoms with Gasteiger partial charge in [0.2, 0.25) is 5.91 Å². The van der Waals surface area contributed by atoms with Gasteiger partial charge in [-0.15, -0.1) is 0 Å². The normalized spacial score (nSPS) is 15.0. The van der Waals surface area contributed by atoms with Crippen molar-refractivity contribution in [2.45, 2.75) is 38.6 Å². The van der Waals surface area contributed by atoms with E-state index in [1.54, 1.807) is 11.6 Å². The van der Waals surface area contributed by atoms with Crippen LogP contribution in [0.2, 0.25) is 0 Å². The molecule has 2 heterocycles. The van der Waals surface area contributed by atoms with Crippen LogP contribution >= 0.6 is 0 Å². The number of benzene rings is 2. The molecule has 6 heteroatoms. The van der Waals surface area contributed by atoms with Gasteiger partial charge >= 0.3 is 5.97 Å². The summed E-state index contributed by atoms with van der Waals surface area (Å²) in [5.74, 6) is -0.768. The number of nitrogens with zero attached hydrogens (tertiary/aromatic N) is 3. The van der Waals surface area contributed by atoms with Crippen LogP contribution in [0.25, 0.3) is 10.8 Å². The first-order valence-electron chi connectivity index (χ1n) is 10.1. The van der Waals surface area contributed by atoms with Gasteiger partial charge in [-0.2, -0.15) is 5.10 Å². The minimum Gasteiger partial charge on any atom is -0.478 e. The van der Waals surface area contributed by atoms with E-state index in [1.807, 2.05) is 17.0 Å². The van der Waals surface area contributed by atoms with Gasteiger partial charge in [0.05, 0.1) is 17.9 Å². The van der Waals surface area contributed by atoms with Crippen molar-refractivity contribution >= 4 is 22.6 Å². The number of carboxylic acid groups (broad SMARTS) is 1. The molecule has 0 atom stereocenters. The molecule has 1 saturated heterocycles. The van der Waals surface area contributed by atoms with E-state index in [2.05, 4.69) is 35.4 Å². The number of aromatic carboxylic acids is 1. The van der Waals surface area contributed by atoms with Crippen LogP contribution in [0, 0.1) is 6.92 Å². The van der Waals surface area contributed by atoms with E-state index < -0.39 is 5.97 Å². The topological polar surface area (TPSA) is 75.4 Å². The Morgan fingerprint density at radius 2 is 1.83 bits per heavy atom. The Morgan fingerprint density at radius 1 is 1.10 bits per heavy atom. The third-order valence-corrected chi connectivity index (χ3v) is 5.88. The van der Waals surface area contributed by atoms with Gasteiger partial charge in [-0.05, 0) is 42.5 Å². The second-order valence-corrected chi connectivity index (χ2v) is 7.69. The molecule has 0 spiro atoms. The predicted octanol–water partition coefficient (Wildman–Crippen LogP) is 3.84. The summed E-state index contributed by atoms with van der Waals surface area (Å²) in [7, 11) is 0. The van der Waals surface area contributed by atoms with Crippen LogP contribution in [0.4, 0.5) is 0 Å². The fourth-order valence-electron chi connectivity index (χ4n) is 4.16. The number of aromatic nitrogens is 2. The number of rotatable bonds is 5. The van der Waals surface area contributed by atoms with Crippen LogP contribution in [-0.2, 0) is 11.2 Å². The summed E-state index contributed by atoms with van der Waals surface area (Å²) in [6, 6.07) is 14.8. The average molecular weight is 391 g/mol. The van der Waals surface area contributed by atoms with Gasteiger partial charge < -0.3 is 10.0 Å². The SMILES string of the molecule is Cc1c(C(=O)O)cnn1C1CCN(C(=O)CCc2ccc3ccccc3c2)CC1. The van der Waals surface area contributed by atoms with Crippen molar-refractivity contribution in [3.05, 3.63) is 65.5 Å². The molecule has 0 aliphatic carbocycles. The van der Waals surface area contributed by atoms with E-state index >= 15 is 0 Å². The van der Waals surface area contributed by atoms with E-state index in [1.165, 1.54) is 22.5 Å². The van der Waals surface area contributed by atoms with Gasteiger partial charge in [-0.3, -0.25) is 9.48 Å². The molecule has 1 fully saturated rings. The highest BCUT2D eigenvalue weighted by Gasteiger charge is 2.26. The number of likely N-dealkylation sites (tertiary alicyclic amines) is 1. The summed E-state index contributed by atoms with van der Waals surface area (Å²) in [6.07, 6.45) is 4.25. The summed E-state index contributed by atoms with van der Waals surface area (Å²) in [6.45, 7) is 3.16. The zero-order valence-corrected chi connectivity index (χ0v) is 16.5. The highest BCUT2D eigenvalue weighted by atomic mass is 16.4. The highest BCUT2D eigenvalue weighted by molar-refractivity contribution is 5.88. The quantitative estimate of drug-likeness (QED) is 0.717. The second-order valence-electron chi connectivity index (χ2n) is 7.69. The van der Waals surface area contributed by atoms with Crippen molar-refractivity contribution in [3.8, 4) is 0 Å². The maximum Gasteiger partial charge on any atom is 0.339 e. The van der Waals surface area contributed by atoms with Gasteiger partial charge in [0.25, 0.3) is 0 Å². The lowest BCUT2D eigenvalue weighted by atomic mass is 10.0. The summed E-state index contributed by atoms with van der Waals surface area (Å²) in [5, 5.41) is 15.9. The number of aryl methyl sites for hydroxylation is 1. The number of amides is 1. The predicted molar refractivity (Wildman–Crippen MR) is 111 cm³/mol. The molecule has 1 aliphatic rings. The van der Waals surface area contributed by atoms with Crippen LogP contribution < -0.4 is 0 Å². The molecule has 29 heavy (non-hydrogen) atoms. The first-order chi connectivity index (χ1) is 14.0. The van der Waals surface area contributed by atoms with Crippen LogP contribution in [0.3, 0.4) is 0 Å². The number of fused-ring (bicyclic) bond motifs is 1. The lowest BCUT2D eigenvalue weighted by molar-refractivity contribution is -0.132. The maximum absolute atomic E-state index is 12.7. The van der Waals surface area contributed by atoms with Gasteiger partial charge in [-0.25, -0.2) is 4.79 Å². The fraction of sp³-hybridized carbons (Fsp3) is 0.348. The maximum atomic E-state index is 12.7. The Hall–Kier alpha value is -3.15. The van der Waals surface area contributed by atoms with E-state index in [9.17, 15) is 14.7 Å². The number of piperidine rings is 1. The summed E-state index contributed by atoms with van der Waals surface area (Å²) >= 11 is 0. The van der Waals surface area contributed by atoms with Crippen molar-refractivity contribution in [2.75, 3.05) is 13.1 Å². The molecule has 150 valence electrons. The Balaban J connectivity index is 1.32. The van der Waals surface area contributed by atoms with Crippen molar-refractivity contribution < 1.29 is 14.7 Å². The molecule has 0 radical (unpaired) electrons. The first-order valence-corrected chi connectivity index (χ1v) is 10.1. The third-order valence-electron chi connectivity index (χ3n) is 5.88. The largest absolute Gasteiger partial charge is 0.478 e. The van der Waals surface area contributed by atoms with Gasteiger partial charge in [-0.1, -0.05) is 42.5 Å². The van der Waals surface area contributed by atoms with Crippen LogP contribution in [-0.4, -0.2) is 44.8 Å². The zero-order valence-electron chi connectivity index (χ0n) is 16.5. The average Bonchev–Trinajstić information content (AvgIpc) is 3.13. The van der Waals surface area contributed by atoms with Crippen LogP contribution in [0.1, 0.15) is 46.9 Å². The molecule has 2 aromatic carbocycles. The van der Waals surface area contributed by atoms with E-state index in [0.717, 1.165) is 19.3 Å². The number of hydrogen-bond acceptors (Lipinski definition) is 3. The van der Waals surface area contributed by atoms with Gasteiger partial charge in [0.15, 0.2) is 0 Å². The van der Waals surface area contributed by atoms with E-state index in [0.29, 0.717) is 25.2 Å². The molecule has 1 aliphatic heterocycles. The number of carbonyl (C=O) groups excluding carboxylic acids is 1. The molecular formula is C23H25N3O3. The van der Waals surface area contributed by atoms with Crippen molar-refractivity contribution in [1.82, 2.24) is 14.7 Å². The van der Waals surface area contributed by atoms with E-state index in [4.69, 9.17) is 0 Å². The van der Waals surface area contributed by atoms with Gasteiger partial charge in [0, 0.05) is 19.5 Å². The van der Waals surface area contributed by atoms with Crippen molar-refractivity contribution in [3.63, 3.8) is 0 Å². The molecule has 1 amide bonds. The van der Waals surface area contributed by atoms with Crippen LogP contribution in [0.15, 0.2) is 48.7 Å². The minimum absolute atomic E-state index is 0.146. The molecule has 0 unspecified atom stereocenters. The second kappa shape index (κ2) is 8.07. The molecule has 6 nitrogen and oxygen atoms in total. The van der Waals surface area contributed by atoms with Crippen molar-refractivity contribution in [2.24, 2.45) is 0 Å². The Bertz CT molecular complexity index is 1050. The smallest absolute Gasteiger partial charge is 0.339 e. The third kappa shape index (κ3) is 4.01. The summed E-state index contributed by atoms with van der Waals surface area (Å²) < 4.78 is 1.81. The molecule has 4 rings (SSSR count). The summed E-state index contributed by atoms with van der Waals surface area (Å²) in [5.41, 5.74) is 2.11. The molecule has 0 bridgehead atoms. The molecule has 1 N–H and O–H groups in total. The Kier molecular flexibility index (Phi) is 5.34. The fourth-order valence-corrected chi connectivity index (χ4v) is 4.16. The molecule has 3 aromatic rings. The highest BCUT2D eigenvalue weighted by Crippen LogP contribution is 2.25. The van der Waals surface area contributed by atoms with Crippen molar-refractivity contribution in [1.29, 1.82) is 0 Å². The van der Waals surface area contributed by atoms with Gasteiger partial charge in [0.1, 0.15) is 5.56 Å². The van der Waals surface area contributed by atoms with Crippen LogP contribution in [0.5, 0.6) is 0 Å². The van der Waals surface area contributed by atoms with E-state index in [-0.39, 0.29) is 17.5 Å².